The minimum Gasteiger partial charge on any atom is -0.387 e. The van der Waals surface area contributed by atoms with Gasteiger partial charge < -0.3 is 19.8 Å². The molecule has 1 aromatic heterocycles. The summed E-state index contributed by atoms with van der Waals surface area (Å²) in [7, 11) is 0. The number of benzene rings is 1. The maximum Gasteiger partial charge on any atom is 0.245 e. The molecule has 7 nitrogen and oxygen atoms in total. The van der Waals surface area contributed by atoms with E-state index in [1.54, 1.807) is 0 Å². The normalized spacial score (nSPS) is 23.1. The first-order chi connectivity index (χ1) is 14.5. The summed E-state index contributed by atoms with van der Waals surface area (Å²) in [5, 5.41) is 16.1. The molecule has 0 radical (unpaired) electrons. The molecule has 1 amide bonds. The van der Waals surface area contributed by atoms with Crippen molar-refractivity contribution < 1.29 is 23.2 Å². The van der Waals surface area contributed by atoms with E-state index >= 15 is 0 Å². The Balaban J connectivity index is 1.23. The van der Waals surface area contributed by atoms with Gasteiger partial charge in [0.25, 0.3) is 0 Å². The number of carbonyl (C=O) groups excluding carboxylic acids is 1. The fourth-order valence-corrected chi connectivity index (χ4v) is 4.60. The molecule has 0 spiro atoms. The van der Waals surface area contributed by atoms with Crippen LogP contribution in [-0.4, -0.2) is 66.4 Å². The van der Waals surface area contributed by atoms with Crippen molar-refractivity contribution >= 4 is 22.7 Å². The number of aliphatic hydroxyl groups excluding tert-OH is 1. The summed E-state index contributed by atoms with van der Waals surface area (Å²) < 4.78 is 32.5. The van der Waals surface area contributed by atoms with Crippen LogP contribution in [0.4, 0.5) is 14.6 Å². The van der Waals surface area contributed by atoms with Crippen molar-refractivity contribution in [2.45, 2.75) is 38.1 Å². The Morgan fingerprint density at radius 1 is 1.17 bits per heavy atom. The fourth-order valence-electron chi connectivity index (χ4n) is 4.60. The predicted octanol–water partition coefficient (Wildman–Crippen LogP) is 2.29. The van der Waals surface area contributed by atoms with E-state index in [9.17, 15) is 13.6 Å². The number of nitrogens with zero attached hydrogens (tertiary/aromatic N) is 3. The van der Waals surface area contributed by atoms with Crippen LogP contribution in [0.3, 0.4) is 0 Å². The number of fused-ring (bicyclic) bond motifs is 1. The fraction of sp³-hybridized carbons (Fsp3) is 0.619. The number of halogens is 2. The zero-order chi connectivity index (χ0) is 21.1. The van der Waals surface area contributed by atoms with Gasteiger partial charge in [0.1, 0.15) is 12.4 Å². The molecule has 1 aromatic carbocycles. The second-order valence-corrected chi connectivity index (χ2v) is 8.33. The van der Waals surface area contributed by atoms with Gasteiger partial charge in [-0.25, -0.2) is 8.78 Å². The van der Waals surface area contributed by atoms with Crippen LogP contribution < -0.4 is 10.2 Å². The van der Waals surface area contributed by atoms with Crippen LogP contribution in [0.2, 0.25) is 0 Å². The van der Waals surface area contributed by atoms with Crippen LogP contribution in [0.5, 0.6) is 0 Å². The highest BCUT2D eigenvalue weighted by Gasteiger charge is 2.25. The quantitative estimate of drug-likeness (QED) is 0.744. The molecule has 0 bridgehead atoms. The van der Waals surface area contributed by atoms with Crippen LogP contribution in [0.15, 0.2) is 16.7 Å². The Morgan fingerprint density at radius 2 is 1.90 bits per heavy atom. The third-order valence-corrected chi connectivity index (χ3v) is 6.35. The van der Waals surface area contributed by atoms with Crippen molar-refractivity contribution in [3.63, 3.8) is 0 Å². The van der Waals surface area contributed by atoms with Gasteiger partial charge in [0.05, 0.1) is 5.39 Å². The van der Waals surface area contributed by atoms with E-state index in [-0.39, 0.29) is 17.5 Å². The summed E-state index contributed by atoms with van der Waals surface area (Å²) in [4.78, 5) is 15.7. The van der Waals surface area contributed by atoms with E-state index in [2.05, 4.69) is 15.4 Å². The van der Waals surface area contributed by atoms with Crippen molar-refractivity contribution in [3.05, 3.63) is 23.8 Å². The lowest BCUT2D eigenvalue weighted by atomic mass is 9.84. The predicted molar refractivity (Wildman–Crippen MR) is 108 cm³/mol. The van der Waals surface area contributed by atoms with Gasteiger partial charge in [-0.15, -0.1) is 0 Å². The molecule has 2 heterocycles. The Labute approximate surface area is 174 Å². The van der Waals surface area contributed by atoms with Crippen molar-refractivity contribution in [2.24, 2.45) is 5.92 Å². The van der Waals surface area contributed by atoms with E-state index in [4.69, 9.17) is 9.63 Å². The lowest BCUT2D eigenvalue weighted by molar-refractivity contribution is -0.124. The molecule has 1 aliphatic heterocycles. The minimum atomic E-state index is -0.729. The number of rotatable bonds is 6. The second kappa shape index (κ2) is 9.26. The average molecular weight is 422 g/mol. The van der Waals surface area contributed by atoms with E-state index in [0.717, 1.165) is 70.9 Å². The minimum absolute atomic E-state index is 0.000360. The number of nitrogens with one attached hydrogen (secondary N) is 1. The molecule has 1 aliphatic carbocycles. The van der Waals surface area contributed by atoms with E-state index in [1.807, 2.05) is 4.90 Å². The Hall–Kier alpha value is -2.26. The molecule has 2 N–H and O–H groups in total. The number of hydrogen-bond acceptors (Lipinski definition) is 6. The number of aromatic nitrogens is 1. The number of hydrogen-bond donors (Lipinski definition) is 2. The number of aliphatic hydroxyl groups is 1. The Kier molecular flexibility index (Phi) is 6.48. The molecule has 4 rings (SSSR count). The first-order valence-electron chi connectivity index (χ1n) is 10.7. The van der Waals surface area contributed by atoms with Gasteiger partial charge >= 0.3 is 0 Å². The van der Waals surface area contributed by atoms with Crippen LogP contribution >= 0.6 is 0 Å². The SMILES string of the molecule is O=C(CO)NC1CCC(CCN2CCN(c3noc4c(F)cc(F)cc34)CC2)CC1. The monoisotopic (exact) mass is 422 g/mol. The first-order valence-corrected chi connectivity index (χ1v) is 10.7. The lowest BCUT2D eigenvalue weighted by Crippen LogP contribution is -2.47. The molecule has 164 valence electrons. The van der Waals surface area contributed by atoms with E-state index in [0.29, 0.717) is 17.1 Å². The van der Waals surface area contributed by atoms with E-state index in [1.165, 1.54) is 6.07 Å². The maximum atomic E-state index is 13.8. The van der Waals surface area contributed by atoms with E-state index < -0.39 is 18.2 Å². The molecule has 1 saturated carbocycles. The molecule has 30 heavy (non-hydrogen) atoms. The van der Waals surface area contributed by atoms with Gasteiger partial charge in [0.15, 0.2) is 11.6 Å². The number of anilines is 1. The molecule has 2 fully saturated rings. The third-order valence-electron chi connectivity index (χ3n) is 6.35. The van der Waals surface area contributed by atoms with Gasteiger partial charge in [-0.3, -0.25) is 9.69 Å². The highest BCUT2D eigenvalue weighted by atomic mass is 19.1. The van der Waals surface area contributed by atoms with Crippen LogP contribution in [-0.2, 0) is 4.79 Å². The Morgan fingerprint density at radius 3 is 2.60 bits per heavy atom. The summed E-state index contributed by atoms with van der Waals surface area (Å²) in [6, 6.07) is 2.27. The molecule has 0 atom stereocenters. The highest BCUT2D eigenvalue weighted by Crippen LogP contribution is 2.30. The molecule has 1 saturated heterocycles. The molecule has 0 unspecified atom stereocenters. The van der Waals surface area contributed by atoms with Crippen molar-refractivity contribution in [1.82, 2.24) is 15.4 Å². The highest BCUT2D eigenvalue weighted by molar-refractivity contribution is 5.89. The molecule has 2 aromatic rings. The van der Waals surface area contributed by atoms with Gasteiger partial charge in [-0.05, 0) is 50.6 Å². The lowest BCUT2D eigenvalue weighted by Gasteiger charge is -2.36. The number of piperazine rings is 1. The zero-order valence-corrected chi connectivity index (χ0v) is 16.9. The van der Waals surface area contributed by atoms with Crippen molar-refractivity contribution in [1.29, 1.82) is 0 Å². The van der Waals surface area contributed by atoms with Crippen LogP contribution in [0.25, 0.3) is 11.0 Å². The molecule has 9 heteroatoms. The van der Waals surface area contributed by atoms with Crippen molar-refractivity contribution in [2.75, 3.05) is 44.2 Å². The molecule has 2 aliphatic rings. The second-order valence-electron chi connectivity index (χ2n) is 8.33. The number of amides is 1. The first kappa shape index (κ1) is 21.0. The van der Waals surface area contributed by atoms with Crippen molar-refractivity contribution in [3.8, 4) is 0 Å². The zero-order valence-electron chi connectivity index (χ0n) is 16.9. The topological polar surface area (TPSA) is 81.8 Å². The molecular formula is C21H28F2N4O3. The average Bonchev–Trinajstić information content (AvgIpc) is 3.17. The maximum absolute atomic E-state index is 13.8. The summed E-state index contributed by atoms with van der Waals surface area (Å²) in [6.07, 6.45) is 5.26. The summed E-state index contributed by atoms with van der Waals surface area (Å²) in [6.45, 7) is 3.79. The summed E-state index contributed by atoms with van der Waals surface area (Å²) in [5.41, 5.74) is -0.000360. The smallest absolute Gasteiger partial charge is 0.245 e. The van der Waals surface area contributed by atoms with Crippen LogP contribution in [0, 0.1) is 17.6 Å². The Bertz CT molecular complexity index is 875. The van der Waals surface area contributed by atoms with Gasteiger partial charge in [-0.2, -0.15) is 0 Å². The summed E-state index contributed by atoms with van der Waals surface area (Å²) in [5.74, 6) is -0.481. The largest absolute Gasteiger partial charge is 0.387 e. The van der Waals surface area contributed by atoms with Gasteiger partial charge in [0, 0.05) is 38.3 Å². The third kappa shape index (κ3) is 4.73. The standard InChI is InChI=1S/C21H28F2N4O3/c22-15-11-17-20(18(23)12-15)30-25-21(17)27-9-7-26(8-10-27)6-5-14-1-3-16(4-2-14)24-19(29)13-28/h11-12,14,16,28H,1-10,13H2,(H,24,29). The van der Waals surface area contributed by atoms with Crippen LogP contribution in [0.1, 0.15) is 32.1 Å². The summed E-state index contributed by atoms with van der Waals surface area (Å²) >= 11 is 0. The molecular weight excluding hydrogens is 394 g/mol. The van der Waals surface area contributed by atoms with Gasteiger partial charge in [0.2, 0.25) is 11.5 Å². The number of carbonyl (C=O) groups is 1. The van der Waals surface area contributed by atoms with Gasteiger partial charge in [-0.1, -0.05) is 5.16 Å².